The lowest BCUT2D eigenvalue weighted by atomic mass is 10.1. The molecular weight excluding hydrogens is 204 g/mol. The van der Waals surface area contributed by atoms with Crippen LogP contribution in [-0.2, 0) is 19.1 Å². The molecule has 1 aliphatic heterocycles. The first-order valence-corrected chi connectivity index (χ1v) is 4.31. The lowest BCUT2D eigenvalue weighted by Crippen LogP contribution is -2.59. The Balaban J connectivity index is 2.67. The van der Waals surface area contributed by atoms with E-state index in [9.17, 15) is 14.4 Å². The molecule has 1 fully saturated rings. The van der Waals surface area contributed by atoms with E-state index >= 15 is 0 Å². The fourth-order valence-corrected chi connectivity index (χ4v) is 1.31. The van der Waals surface area contributed by atoms with Crippen molar-refractivity contribution in [2.75, 3.05) is 14.2 Å². The summed E-state index contributed by atoms with van der Waals surface area (Å²) in [6, 6.07) is -2.22. The third-order valence-corrected chi connectivity index (χ3v) is 2.05. The number of carbonyl (C=O) groups is 3. The van der Waals surface area contributed by atoms with Crippen LogP contribution in [-0.4, -0.2) is 44.3 Å². The van der Waals surface area contributed by atoms with Crippen molar-refractivity contribution in [1.29, 1.82) is 0 Å². The molecule has 2 N–H and O–H groups in total. The van der Waals surface area contributed by atoms with E-state index in [4.69, 9.17) is 0 Å². The summed E-state index contributed by atoms with van der Waals surface area (Å²) in [7, 11) is 2.42. The molecule has 0 aliphatic carbocycles. The summed E-state index contributed by atoms with van der Waals surface area (Å²) in [4.78, 5) is 33.4. The maximum atomic E-state index is 11.2. The van der Waals surface area contributed by atoms with Gasteiger partial charge in [0, 0.05) is 6.42 Å². The molecule has 7 heteroatoms. The number of ether oxygens (including phenoxy) is 2. The number of nitrogens with one attached hydrogen (secondary N) is 2. The lowest BCUT2D eigenvalue weighted by molar-refractivity contribution is -0.146. The molecule has 1 heterocycles. The zero-order valence-corrected chi connectivity index (χ0v) is 8.40. The van der Waals surface area contributed by atoms with Gasteiger partial charge >= 0.3 is 18.0 Å². The number of urea groups is 1. The SMILES string of the molecule is COC(=O)[C@H]1C[C@H](C(=O)OC)NC(=O)N1. The fraction of sp³-hybridized carbons (Fsp3) is 0.625. The number of rotatable bonds is 2. The predicted octanol–water partition coefficient (Wildman–Crippen LogP) is -1.23. The van der Waals surface area contributed by atoms with Crippen molar-refractivity contribution >= 4 is 18.0 Å². The van der Waals surface area contributed by atoms with Gasteiger partial charge in [-0.3, -0.25) is 0 Å². The van der Waals surface area contributed by atoms with Gasteiger partial charge in [0.25, 0.3) is 0 Å². The Kier molecular flexibility index (Phi) is 3.48. The van der Waals surface area contributed by atoms with Crippen LogP contribution in [0.1, 0.15) is 6.42 Å². The third-order valence-electron chi connectivity index (χ3n) is 2.05. The molecule has 0 saturated carbocycles. The number of methoxy groups -OCH3 is 2. The van der Waals surface area contributed by atoms with Gasteiger partial charge in [0.15, 0.2) is 0 Å². The minimum atomic E-state index is -0.812. The number of carbonyl (C=O) groups excluding carboxylic acids is 3. The van der Waals surface area contributed by atoms with Crippen molar-refractivity contribution in [3.05, 3.63) is 0 Å². The van der Waals surface area contributed by atoms with Gasteiger partial charge in [-0.15, -0.1) is 0 Å². The van der Waals surface area contributed by atoms with Gasteiger partial charge in [0.05, 0.1) is 14.2 Å². The van der Waals surface area contributed by atoms with Crippen molar-refractivity contribution in [2.24, 2.45) is 0 Å². The first kappa shape index (κ1) is 11.3. The van der Waals surface area contributed by atoms with Crippen LogP contribution in [0.4, 0.5) is 4.79 Å². The molecule has 84 valence electrons. The van der Waals surface area contributed by atoms with Crippen molar-refractivity contribution < 1.29 is 23.9 Å². The first-order valence-electron chi connectivity index (χ1n) is 4.31. The highest BCUT2D eigenvalue weighted by atomic mass is 16.5. The zero-order chi connectivity index (χ0) is 11.4. The van der Waals surface area contributed by atoms with E-state index in [2.05, 4.69) is 20.1 Å². The second-order valence-corrected chi connectivity index (χ2v) is 3.00. The second-order valence-electron chi connectivity index (χ2n) is 3.00. The molecule has 0 spiro atoms. The maximum absolute atomic E-state index is 11.2. The standard InChI is InChI=1S/C8H12N2O5/c1-14-6(11)4-3-5(7(12)15-2)10-8(13)9-4/h4-5H,3H2,1-2H3,(H2,9,10,13)/t4-,5-/m1/s1. The second kappa shape index (κ2) is 4.63. The number of amides is 2. The Labute approximate surface area is 86.1 Å². The van der Waals surface area contributed by atoms with Crippen LogP contribution in [0.2, 0.25) is 0 Å². The van der Waals surface area contributed by atoms with Gasteiger partial charge in [0.2, 0.25) is 0 Å². The molecule has 0 aromatic rings. The number of hydrogen-bond donors (Lipinski definition) is 2. The van der Waals surface area contributed by atoms with Crippen LogP contribution in [0.3, 0.4) is 0 Å². The quantitative estimate of drug-likeness (QED) is 0.564. The topological polar surface area (TPSA) is 93.7 Å². The number of esters is 2. The van der Waals surface area contributed by atoms with Crippen LogP contribution in [0.15, 0.2) is 0 Å². The molecule has 2 amide bonds. The zero-order valence-electron chi connectivity index (χ0n) is 8.40. The van der Waals surface area contributed by atoms with Crippen molar-refractivity contribution in [2.45, 2.75) is 18.5 Å². The van der Waals surface area contributed by atoms with E-state index in [1.54, 1.807) is 0 Å². The normalized spacial score (nSPS) is 24.8. The lowest BCUT2D eigenvalue weighted by Gasteiger charge is -2.27. The summed E-state index contributed by atoms with van der Waals surface area (Å²) in [5.74, 6) is -1.17. The van der Waals surface area contributed by atoms with E-state index in [1.807, 2.05) is 0 Å². The van der Waals surface area contributed by atoms with E-state index in [-0.39, 0.29) is 6.42 Å². The van der Waals surface area contributed by atoms with Crippen LogP contribution in [0.5, 0.6) is 0 Å². The molecular formula is C8H12N2O5. The van der Waals surface area contributed by atoms with Gasteiger partial charge in [-0.25, -0.2) is 14.4 Å². The molecule has 0 aromatic heterocycles. The van der Waals surface area contributed by atoms with Crippen LogP contribution >= 0.6 is 0 Å². The molecule has 7 nitrogen and oxygen atoms in total. The highest BCUT2D eigenvalue weighted by Gasteiger charge is 2.35. The molecule has 0 bridgehead atoms. The highest BCUT2D eigenvalue weighted by Crippen LogP contribution is 2.07. The molecule has 15 heavy (non-hydrogen) atoms. The average molecular weight is 216 g/mol. The first-order chi connectivity index (χ1) is 7.08. The summed E-state index contributed by atoms with van der Waals surface area (Å²) in [6.45, 7) is 0. The minimum Gasteiger partial charge on any atom is -0.467 e. The van der Waals surface area contributed by atoms with E-state index in [0.29, 0.717) is 0 Å². The van der Waals surface area contributed by atoms with Gasteiger partial charge < -0.3 is 20.1 Å². The number of hydrogen-bond acceptors (Lipinski definition) is 5. The Morgan fingerprint density at radius 3 is 1.87 bits per heavy atom. The summed E-state index contributed by atoms with van der Waals surface area (Å²) >= 11 is 0. The van der Waals surface area contributed by atoms with Crippen molar-refractivity contribution in [1.82, 2.24) is 10.6 Å². The Morgan fingerprint density at radius 1 is 1.13 bits per heavy atom. The van der Waals surface area contributed by atoms with Gasteiger partial charge in [-0.2, -0.15) is 0 Å². The molecule has 1 rings (SSSR count). The highest BCUT2D eigenvalue weighted by molar-refractivity contribution is 5.90. The average Bonchev–Trinajstić information content (AvgIpc) is 2.26. The smallest absolute Gasteiger partial charge is 0.328 e. The largest absolute Gasteiger partial charge is 0.467 e. The molecule has 1 aliphatic rings. The predicted molar refractivity (Wildman–Crippen MR) is 47.9 cm³/mol. The Bertz CT molecular complexity index is 265. The van der Waals surface area contributed by atoms with Gasteiger partial charge in [-0.1, -0.05) is 0 Å². The van der Waals surface area contributed by atoms with Crippen LogP contribution in [0.25, 0.3) is 0 Å². The summed E-state index contributed by atoms with van der Waals surface area (Å²) < 4.78 is 8.93. The van der Waals surface area contributed by atoms with Gasteiger partial charge in [0.1, 0.15) is 12.1 Å². The minimum absolute atomic E-state index is 0.116. The molecule has 2 atom stereocenters. The summed E-state index contributed by atoms with van der Waals surface area (Å²) in [5.41, 5.74) is 0. The molecule has 1 saturated heterocycles. The van der Waals surface area contributed by atoms with Gasteiger partial charge in [-0.05, 0) is 0 Å². The molecule has 0 unspecified atom stereocenters. The van der Waals surface area contributed by atoms with E-state index in [1.165, 1.54) is 14.2 Å². The Morgan fingerprint density at radius 2 is 1.53 bits per heavy atom. The van der Waals surface area contributed by atoms with Crippen LogP contribution in [0, 0.1) is 0 Å². The van der Waals surface area contributed by atoms with Crippen LogP contribution < -0.4 is 10.6 Å². The molecule has 0 radical (unpaired) electrons. The Hall–Kier alpha value is -1.79. The maximum Gasteiger partial charge on any atom is 0.328 e. The van der Waals surface area contributed by atoms with Crippen molar-refractivity contribution in [3.8, 4) is 0 Å². The third kappa shape index (κ3) is 2.58. The summed E-state index contributed by atoms with van der Waals surface area (Å²) in [6.07, 6.45) is 0.116. The summed E-state index contributed by atoms with van der Waals surface area (Å²) in [5, 5.41) is 4.69. The fourth-order valence-electron chi connectivity index (χ4n) is 1.31. The molecule has 0 aromatic carbocycles. The van der Waals surface area contributed by atoms with E-state index < -0.39 is 30.1 Å². The van der Waals surface area contributed by atoms with E-state index in [0.717, 1.165) is 0 Å². The monoisotopic (exact) mass is 216 g/mol. The van der Waals surface area contributed by atoms with Crippen molar-refractivity contribution in [3.63, 3.8) is 0 Å².